The molecule has 0 bridgehead atoms. The highest BCUT2D eigenvalue weighted by atomic mass is 16.6. The first-order valence-electron chi connectivity index (χ1n) is 10.3. The van der Waals surface area contributed by atoms with Gasteiger partial charge in [-0.25, -0.2) is 10.1 Å². The number of hydrogen-bond acceptors (Lipinski definition) is 10. The van der Waals surface area contributed by atoms with Crippen molar-refractivity contribution in [3.05, 3.63) is 41.2 Å². The monoisotopic (exact) mass is 439 g/mol. The Morgan fingerprint density at radius 3 is 2.84 bits per heavy atom. The average molecular weight is 439 g/mol. The second-order valence-electron chi connectivity index (χ2n) is 7.67. The first-order valence-corrected chi connectivity index (χ1v) is 10.3. The third-order valence-corrected chi connectivity index (χ3v) is 5.43. The Balaban J connectivity index is 1.57. The molecule has 1 aromatic carbocycles. The molecule has 12 heteroatoms. The van der Waals surface area contributed by atoms with Gasteiger partial charge in [0.25, 0.3) is 5.91 Å². The van der Waals surface area contributed by atoms with Crippen LogP contribution in [0.1, 0.15) is 41.5 Å². The lowest BCUT2D eigenvalue weighted by molar-refractivity contribution is 0.0946. The summed E-state index contributed by atoms with van der Waals surface area (Å²) in [6.07, 6.45) is 3.67. The number of amides is 1. The Labute approximate surface area is 184 Å². The number of nitrogens with one attached hydrogen (secondary N) is 1. The van der Waals surface area contributed by atoms with Crippen molar-refractivity contribution in [1.29, 1.82) is 0 Å². The predicted molar refractivity (Wildman–Crippen MR) is 115 cm³/mol. The molecule has 1 amide bonds. The number of rotatable bonds is 7. The van der Waals surface area contributed by atoms with Gasteiger partial charge in [-0.1, -0.05) is 24.3 Å². The number of hydrogen-bond donors (Lipinski definition) is 2. The standard InChI is InChI=1S/C20H25N9O3/c1-13-7-9-28(10-8-13)12-15-17(23-27-29(15)19-18(21)25-32-26-19)20(30)24-22-11-14-5-3-4-6-16(14)31-2/h3-6,11,13H,7-10,12H2,1-2H3,(H2,21,25)(H,24,30)/b22-11+. The summed E-state index contributed by atoms with van der Waals surface area (Å²) in [5, 5.41) is 19.6. The van der Waals surface area contributed by atoms with Crippen molar-refractivity contribution < 1.29 is 14.2 Å². The number of likely N-dealkylation sites (tertiary alicyclic amines) is 1. The van der Waals surface area contributed by atoms with Gasteiger partial charge in [0.15, 0.2) is 5.69 Å². The van der Waals surface area contributed by atoms with E-state index in [4.69, 9.17) is 15.1 Å². The maximum atomic E-state index is 12.9. The van der Waals surface area contributed by atoms with Gasteiger partial charge in [-0.3, -0.25) is 9.69 Å². The molecule has 0 spiro atoms. The third-order valence-electron chi connectivity index (χ3n) is 5.43. The lowest BCUT2D eigenvalue weighted by atomic mass is 9.99. The van der Waals surface area contributed by atoms with Gasteiger partial charge in [0.2, 0.25) is 11.6 Å². The van der Waals surface area contributed by atoms with Crippen LogP contribution >= 0.6 is 0 Å². The SMILES string of the molecule is COc1ccccc1/C=N/NC(=O)c1nnn(-c2nonc2N)c1CN1CCC(C)CC1. The number of carbonyl (C=O) groups is 1. The van der Waals surface area contributed by atoms with Crippen LogP contribution in [-0.2, 0) is 6.54 Å². The molecule has 1 aliphatic rings. The zero-order valence-electron chi connectivity index (χ0n) is 17.9. The van der Waals surface area contributed by atoms with Gasteiger partial charge in [-0.2, -0.15) is 9.78 Å². The minimum Gasteiger partial charge on any atom is -0.496 e. The van der Waals surface area contributed by atoms with Crippen molar-refractivity contribution in [2.24, 2.45) is 11.0 Å². The molecule has 3 N–H and O–H groups in total. The van der Waals surface area contributed by atoms with Crippen molar-refractivity contribution in [2.75, 3.05) is 25.9 Å². The summed E-state index contributed by atoms with van der Waals surface area (Å²) in [7, 11) is 1.57. The summed E-state index contributed by atoms with van der Waals surface area (Å²) < 4.78 is 11.4. The van der Waals surface area contributed by atoms with E-state index in [0.29, 0.717) is 23.9 Å². The number of hydrazone groups is 1. The largest absolute Gasteiger partial charge is 0.496 e. The number of aromatic nitrogens is 5. The number of nitrogen functional groups attached to an aromatic ring is 1. The van der Waals surface area contributed by atoms with Gasteiger partial charge in [-0.15, -0.1) is 5.10 Å². The first-order chi connectivity index (χ1) is 15.6. The van der Waals surface area contributed by atoms with E-state index in [9.17, 15) is 4.79 Å². The van der Waals surface area contributed by atoms with Gasteiger partial charge < -0.3 is 10.5 Å². The molecule has 1 fully saturated rings. The molecule has 0 atom stereocenters. The summed E-state index contributed by atoms with van der Waals surface area (Å²) in [4.78, 5) is 15.1. The molecule has 32 heavy (non-hydrogen) atoms. The third kappa shape index (κ3) is 4.59. The number of nitrogens with two attached hydrogens (primary N) is 1. The molecule has 12 nitrogen and oxygen atoms in total. The van der Waals surface area contributed by atoms with E-state index < -0.39 is 5.91 Å². The van der Waals surface area contributed by atoms with Gasteiger partial charge in [0.05, 0.1) is 19.0 Å². The Hall–Kier alpha value is -3.80. The van der Waals surface area contributed by atoms with Crippen molar-refractivity contribution in [1.82, 2.24) is 35.6 Å². The second-order valence-corrected chi connectivity index (χ2v) is 7.67. The van der Waals surface area contributed by atoms with E-state index in [1.807, 2.05) is 24.3 Å². The molecule has 4 rings (SSSR count). The minimum absolute atomic E-state index is 0.0598. The second kappa shape index (κ2) is 9.56. The normalized spacial score (nSPS) is 15.3. The van der Waals surface area contributed by atoms with Gasteiger partial charge in [-0.05, 0) is 54.3 Å². The van der Waals surface area contributed by atoms with Crippen LogP contribution < -0.4 is 15.9 Å². The van der Waals surface area contributed by atoms with Gasteiger partial charge in [0.1, 0.15) is 5.75 Å². The molecule has 168 valence electrons. The van der Waals surface area contributed by atoms with E-state index in [-0.39, 0.29) is 17.3 Å². The minimum atomic E-state index is -0.502. The maximum Gasteiger partial charge on any atom is 0.293 e. The van der Waals surface area contributed by atoms with Crippen LogP contribution in [0.25, 0.3) is 5.82 Å². The zero-order chi connectivity index (χ0) is 22.5. The highest BCUT2D eigenvalue weighted by Gasteiger charge is 2.26. The van der Waals surface area contributed by atoms with E-state index in [0.717, 1.165) is 31.5 Å². The molecule has 0 unspecified atom stereocenters. The number of anilines is 1. The van der Waals surface area contributed by atoms with E-state index in [2.05, 4.69) is 43.0 Å². The van der Waals surface area contributed by atoms with Crippen LogP contribution in [0.15, 0.2) is 34.0 Å². The lowest BCUT2D eigenvalue weighted by Gasteiger charge is -2.30. The molecule has 0 aliphatic carbocycles. The summed E-state index contributed by atoms with van der Waals surface area (Å²) in [6.45, 7) is 4.51. The molecular formula is C20H25N9O3. The molecule has 0 saturated carbocycles. The smallest absolute Gasteiger partial charge is 0.293 e. The summed E-state index contributed by atoms with van der Waals surface area (Å²) in [5.74, 6) is 1.07. The van der Waals surface area contributed by atoms with Crippen LogP contribution in [0.3, 0.4) is 0 Å². The predicted octanol–water partition coefficient (Wildman–Crippen LogP) is 1.24. The Bertz CT molecular complexity index is 1100. The summed E-state index contributed by atoms with van der Waals surface area (Å²) in [6, 6.07) is 7.34. The first kappa shape index (κ1) is 21.4. The number of piperidine rings is 1. The quantitative estimate of drug-likeness (QED) is 0.409. The van der Waals surface area contributed by atoms with Crippen LogP contribution in [0.5, 0.6) is 5.75 Å². The molecule has 2 aromatic heterocycles. The molecule has 3 heterocycles. The van der Waals surface area contributed by atoms with Crippen LogP contribution in [0.4, 0.5) is 5.82 Å². The molecule has 0 radical (unpaired) electrons. The Morgan fingerprint density at radius 1 is 1.34 bits per heavy atom. The number of carbonyl (C=O) groups excluding carboxylic acids is 1. The number of para-hydroxylation sites is 1. The molecule has 1 aliphatic heterocycles. The Kier molecular flexibility index (Phi) is 6.40. The fraction of sp³-hybridized carbons (Fsp3) is 0.400. The number of ether oxygens (including phenoxy) is 1. The van der Waals surface area contributed by atoms with Gasteiger partial charge in [0, 0.05) is 12.1 Å². The average Bonchev–Trinajstić information content (AvgIpc) is 3.41. The van der Waals surface area contributed by atoms with Crippen molar-refractivity contribution in [3.63, 3.8) is 0 Å². The highest BCUT2D eigenvalue weighted by Crippen LogP contribution is 2.22. The fourth-order valence-electron chi connectivity index (χ4n) is 3.55. The summed E-state index contributed by atoms with van der Waals surface area (Å²) >= 11 is 0. The van der Waals surface area contributed by atoms with Crippen molar-refractivity contribution in [3.8, 4) is 11.6 Å². The number of nitrogens with zero attached hydrogens (tertiary/aromatic N) is 7. The van der Waals surface area contributed by atoms with Crippen molar-refractivity contribution >= 4 is 17.9 Å². The zero-order valence-corrected chi connectivity index (χ0v) is 17.9. The summed E-state index contributed by atoms with van der Waals surface area (Å²) in [5.41, 5.74) is 9.74. The fourth-order valence-corrected chi connectivity index (χ4v) is 3.55. The van der Waals surface area contributed by atoms with Crippen molar-refractivity contribution in [2.45, 2.75) is 26.3 Å². The lowest BCUT2D eigenvalue weighted by Crippen LogP contribution is -2.34. The van der Waals surface area contributed by atoms with Crippen LogP contribution in [0, 0.1) is 5.92 Å². The van der Waals surface area contributed by atoms with Crippen LogP contribution in [-0.4, -0.2) is 62.5 Å². The maximum absolute atomic E-state index is 12.9. The highest BCUT2D eigenvalue weighted by molar-refractivity contribution is 5.94. The van der Waals surface area contributed by atoms with E-state index >= 15 is 0 Å². The number of methoxy groups -OCH3 is 1. The van der Waals surface area contributed by atoms with E-state index in [1.54, 1.807) is 7.11 Å². The van der Waals surface area contributed by atoms with E-state index in [1.165, 1.54) is 10.9 Å². The molecular weight excluding hydrogens is 414 g/mol. The molecule has 1 saturated heterocycles. The van der Waals surface area contributed by atoms with Crippen LogP contribution in [0.2, 0.25) is 0 Å². The van der Waals surface area contributed by atoms with Gasteiger partial charge >= 0.3 is 0 Å². The topological polar surface area (TPSA) is 150 Å². The molecule has 3 aromatic rings. The number of benzene rings is 1. The Morgan fingerprint density at radius 2 is 2.12 bits per heavy atom.